The van der Waals surface area contributed by atoms with Crippen molar-refractivity contribution in [2.45, 2.75) is 206 Å². The van der Waals surface area contributed by atoms with Crippen molar-refractivity contribution >= 4 is 0 Å². The Morgan fingerprint density at radius 2 is 0.818 bits per heavy atom. The zero-order valence-electron chi connectivity index (χ0n) is 36.5. The molecule has 3 heteroatoms. The molecule has 0 unspecified atom stereocenters. The van der Waals surface area contributed by atoms with Crippen LogP contribution in [0.3, 0.4) is 0 Å². The van der Waals surface area contributed by atoms with Gasteiger partial charge in [-0.05, 0) is 88.9 Å². The monoisotopic (exact) mass is 759 g/mol. The van der Waals surface area contributed by atoms with Crippen molar-refractivity contribution in [2.75, 3.05) is 26.4 Å². The molecule has 0 aliphatic heterocycles. The minimum Gasteiger partial charge on any atom is -0.380 e. The molecule has 0 spiro atoms. The maximum atomic E-state index is 6.94. The van der Waals surface area contributed by atoms with Gasteiger partial charge in [0.1, 0.15) is 11.2 Å². The van der Waals surface area contributed by atoms with Crippen molar-refractivity contribution in [3.63, 3.8) is 0 Å². The lowest BCUT2D eigenvalue weighted by atomic mass is 9.52. The third kappa shape index (κ3) is 10.0. The van der Waals surface area contributed by atoms with Gasteiger partial charge in [-0.3, -0.25) is 0 Å². The fourth-order valence-corrected chi connectivity index (χ4v) is 13.5. The fraction of sp³-hybridized carbons (Fsp3) is 0.846. The molecule has 0 saturated heterocycles. The summed E-state index contributed by atoms with van der Waals surface area (Å²) >= 11 is 0. The van der Waals surface area contributed by atoms with Crippen LogP contribution in [0.4, 0.5) is 0 Å². The Balaban J connectivity index is 1.06. The van der Waals surface area contributed by atoms with Crippen molar-refractivity contribution in [3.05, 3.63) is 48.6 Å². The second-order valence-electron chi connectivity index (χ2n) is 19.6. The first-order valence-corrected chi connectivity index (χ1v) is 24.6. The van der Waals surface area contributed by atoms with Crippen LogP contribution in [0.1, 0.15) is 195 Å². The Morgan fingerprint density at radius 3 is 1.15 bits per heavy atom. The molecule has 0 bridgehead atoms. The van der Waals surface area contributed by atoms with Gasteiger partial charge in [0.25, 0.3) is 0 Å². The highest BCUT2D eigenvalue weighted by atomic mass is 16.5. The first-order chi connectivity index (χ1) is 27.0. The molecule has 0 amide bonds. The maximum absolute atomic E-state index is 6.94. The third-order valence-electron chi connectivity index (χ3n) is 16.5. The highest BCUT2D eigenvalue weighted by molar-refractivity contribution is 5.31. The average molecular weight is 759 g/mol. The van der Waals surface area contributed by atoms with Crippen LogP contribution in [0.5, 0.6) is 0 Å². The van der Waals surface area contributed by atoms with Crippen LogP contribution in [-0.2, 0) is 14.2 Å². The second-order valence-corrected chi connectivity index (χ2v) is 19.6. The Kier molecular flexibility index (Phi) is 16.7. The summed E-state index contributed by atoms with van der Waals surface area (Å²) < 4.78 is 20.4. The Hall–Kier alpha value is -1.16. The summed E-state index contributed by atoms with van der Waals surface area (Å²) in [6, 6.07) is 0. The number of hydrogen-bond donors (Lipinski definition) is 0. The van der Waals surface area contributed by atoms with Crippen LogP contribution >= 0.6 is 0 Å². The predicted octanol–water partition coefficient (Wildman–Crippen LogP) is 14.7. The van der Waals surface area contributed by atoms with E-state index in [9.17, 15) is 0 Å². The van der Waals surface area contributed by atoms with Gasteiger partial charge in [0.2, 0.25) is 0 Å². The molecule has 0 aromatic heterocycles. The molecule has 6 aliphatic carbocycles. The minimum absolute atomic E-state index is 0.239. The van der Waals surface area contributed by atoms with E-state index in [0.29, 0.717) is 11.8 Å². The van der Waals surface area contributed by atoms with Crippen LogP contribution < -0.4 is 0 Å². The van der Waals surface area contributed by atoms with Gasteiger partial charge < -0.3 is 14.2 Å². The van der Waals surface area contributed by atoms with E-state index in [1.165, 1.54) is 167 Å². The first-order valence-electron chi connectivity index (χ1n) is 24.6. The van der Waals surface area contributed by atoms with Crippen LogP contribution in [0.25, 0.3) is 0 Å². The first kappa shape index (κ1) is 43.4. The summed E-state index contributed by atoms with van der Waals surface area (Å²) in [5.74, 6) is 4.07. The van der Waals surface area contributed by atoms with Crippen molar-refractivity contribution in [3.8, 4) is 0 Å². The number of hydrogen-bond acceptors (Lipinski definition) is 3. The molecule has 0 aromatic carbocycles. The van der Waals surface area contributed by atoms with Crippen LogP contribution in [-0.4, -0.2) is 37.6 Å². The molecule has 0 radical (unpaired) electrons. The largest absolute Gasteiger partial charge is 0.380 e. The van der Waals surface area contributed by atoms with Gasteiger partial charge in [0.05, 0.1) is 13.2 Å². The van der Waals surface area contributed by atoms with E-state index in [4.69, 9.17) is 14.2 Å². The van der Waals surface area contributed by atoms with E-state index < -0.39 is 0 Å². The fourth-order valence-electron chi connectivity index (χ4n) is 13.5. The van der Waals surface area contributed by atoms with E-state index in [-0.39, 0.29) is 22.0 Å². The molecule has 4 saturated carbocycles. The third-order valence-corrected chi connectivity index (χ3v) is 16.5. The van der Waals surface area contributed by atoms with E-state index in [1.807, 2.05) is 0 Å². The summed E-state index contributed by atoms with van der Waals surface area (Å²) in [6.07, 6.45) is 55.9. The molecule has 55 heavy (non-hydrogen) atoms. The highest BCUT2D eigenvalue weighted by Crippen LogP contribution is 2.60. The number of unbranched alkanes of at least 4 members (excludes halogenated alkanes) is 4. The van der Waals surface area contributed by atoms with Gasteiger partial charge in [-0.15, -0.1) is 0 Å². The molecule has 0 heterocycles. The molecular weight excluding hydrogens is 673 g/mol. The molecule has 6 rings (SSSR count). The average Bonchev–Trinajstić information content (AvgIpc) is 3.23. The summed E-state index contributed by atoms with van der Waals surface area (Å²) in [5.41, 5.74) is -0.0514. The normalized spacial score (nSPS) is 35.9. The summed E-state index contributed by atoms with van der Waals surface area (Å²) in [5, 5.41) is 0. The lowest BCUT2D eigenvalue weighted by Gasteiger charge is -2.56. The summed E-state index contributed by atoms with van der Waals surface area (Å²) in [6.45, 7) is 12.1. The second kappa shape index (κ2) is 21.2. The summed E-state index contributed by atoms with van der Waals surface area (Å²) in [4.78, 5) is 0. The van der Waals surface area contributed by atoms with Gasteiger partial charge in [0, 0.05) is 35.9 Å². The van der Waals surface area contributed by atoms with Gasteiger partial charge in [0.15, 0.2) is 0 Å². The Bertz CT molecular complexity index is 1090. The van der Waals surface area contributed by atoms with Gasteiger partial charge >= 0.3 is 0 Å². The predicted molar refractivity (Wildman–Crippen MR) is 233 cm³/mol. The Labute approximate surface area is 340 Å². The standard InChI is InChI=1S/C52H86O3/c1-5-9-13-19-43-21-25-47(26-22-43)49(33-15-11-16-34-49)51(54-7-3)37-29-45(30-38-51)41-53-42-46-31-39-52(40-32-46,55-8-4)50(35-17-12-18-36-50)48-27-23-44(24-28-48)20-14-10-6-2/h29-32,37-40,43-48H,5-28,33-36,41-42H2,1-4H3/t43-,44-,45-,46-,47-,48-,51-,52-. The molecule has 0 atom stereocenters. The quantitative estimate of drug-likeness (QED) is 0.0914. The summed E-state index contributed by atoms with van der Waals surface area (Å²) in [7, 11) is 0. The molecule has 3 nitrogen and oxygen atoms in total. The zero-order valence-corrected chi connectivity index (χ0v) is 36.5. The SMILES string of the molecule is CCCCC[C@H]1CC[C@H](C2([C@]3(OCC)C=C[C@H](COC[C@H]4C=C[C@@](OCC)(C5([C@H]6CC[C@H](CCCCC)CC6)CCCCC5)C=C4)C=C3)CCCCC2)CC1. The van der Waals surface area contributed by atoms with Crippen LogP contribution in [0.2, 0.25) is 0 Å². The molecule has 4 fully saturated rings. The topological polar surface area (TPSA) is 27.7 Å². The lowest BCUT2D eigenvalue weighted by molar-refractivity contribution is -0.123. The van der Waals surface area contributed by atoms with Crippen LogP contribution in [0, 0.1) is 46.3 Å². The zero-order chi connectivity index (χ0) is 38.5. The number of rotatable bonds is 20. The molecule has 0 N–H and O–H groups in total. The Morgan fingerprint density at radius 1 is 0.455 bits per heavy atom. The molecular formula is C52H86O3. The van der Waals surface area contributed by atoms with E-state index in [2.05, 4.69) is 76.3 Å². The lowest BCUT2D eigenvalue weighted by Crippen LogP contribution is -2.54. The van der Waals surface area contributed by atoms with E-state index in [0.717, 1.165) is 50.1 Å². The molecule has 312 valence electrons. The van der Waals surface area contributed by atoms with Crippen molar-refractivity contribution in [1.82, 2.24) is 0 Å². The smallest absolute Gasteiger partial charge is 0.110 e. The molecule has 0 aromatic rings. The van der Waals surface area contributed by atoms with E-state index >= 15 is 0 Å². The van der Waals surface area contributed by atoms with Crippen molar-refractivity contribution in [1.29, 1.82) is 0 Å². The van der Waals surface area contributed by atoms with Gasteiger partial charge in [-0.1, -0.05) is 178 Å². The number of ether oxygens (including phenoxy) is 3. The minimum atomic E-state index is -0.265. The van der Waals surface area contributed by atoms with Gasteiger partial charge in [-0.25, -0.2) is 0 Å². The highest BCUT2D eigenvalue weighted by Gasteiger charge is 2.56. The maximum Gasteiger partial charge on any atom is 0.110 e. The molecule has 6 aliphatic rings. The van der Waals surface area contributed by atoms with Crippen molar-refractivity contribution in [2.24, 2.45) is 46.3 Å². The van der Waals surface area contributed by atoms with Crippen molar-refractivity contribution < 1.29 is 14.2 Å². The van der Waals surface area contributed by atoms with E-state index in [1.54, 1.807) is 0 Å². The van der Waals surface area contributed by atoms with Gasteiger partial charge in [-0.2, -0.15) is 0 Å². The van der Waals surface area contributed by atoms with Crippen LogP contribution in [0.15, 0.2) is 48.6 Å².